The average molecular weight is 379 g/mol. The van der Waals surface area contributed by atoms with Crippen LogP contribution in [0.25, 0.3) is 0 Å². The SMILES string of the molecule is O=C(Nc1ccccc1)Nc1cccc2c1CCN(C(=O)C1(C(=O)O)CC1)C2. The summed E-state index contributed by atoms with van der Waals surface area (Å²) < 4.78 is 0. The highest BCUT2D eigenvalue weighted by molar-refractivity contribution is 6.05. The summed E-state index contributed by atoms with van der Waals surface area (Å²) in [5, 5.41) is 15.0. The summed E-state index contributed by atoms with van der Waals surface area (Å²) in [6, 6.07) is 14.4. The van der Waals surface area contributed by atoms with Gasteiger partial charge in [-0.15, -0.1) is 0 Å². The molecule has 3 N–H and O–H groups in total. The Kier molecular flexibility index (Phi) is 4.50. The molecule has 0 aromatic heterocycles. The molecule has 0 atom stereocenters. The zero-order chi connectivity index (χ0) is 19.7. The van der Waals surface area contributed by atoms with Crippen molar-refractivity contribution in [2.45, 2.75) is 25.8 Å². The lowest BCUT2D eigenvalue weighted by Crippen LogP contribution is -2.43. The first-order valence-electron chi connectivity index (χ1n) is 9.26. The number of nitrogens with zero attached hydrogens (tertiary/aromatic N) is 1. The van der Waals surface area contributed by atoms with Crippen LogP contribution in [0.2, 0.25) is 0 Å². The smallest absolute Gasteiger partial charge is 0.323 e. The van der Waals surface area contributed by atoms with Crippen molar-refractivity contribution in [3.8, 4) is 0 Å². The fourth-order valence-electron chi connectivity index (χ4n) is 3.65. The van der Waals surface area contributed by atoms with Crippen LogP contribution in [0.1, 0.15) is 24.0 Å². The number of hydrogen-bond donors (Lipinski definition) is 3. The van der Waals surface area contributed by atoms with Gasteiger partial charge in [-0.25, -0.2) is 4.79 Å². The molecule has 28 heavy (non-hydrogen) atoms. The third kappa shape index (κ3) is 3.31. The number of para-hydroxylation sites is 1. The lowest BCUT2D eigenvalue weighted by atomic mass is 9.95. The lowest BCUT2D eigenvalue weighted by molar-refractivity contribution is -0.153. The number of hydrogen-bond acceptors (Lipinski definition) is 3. The van der Waals surface area contributed by atoms with Crippen molar-refractivity contribution in [3.63, 3.8) is 0 Å². The summed E-state index contributed by atoms with van der Waals surface area (Å²) in [6.07, 6.45) is 1.39. The quantitative estimate of drug-likeness (QED) is 0.711. The molecule has 3 amide bonds. The first-order valence-corrected chi connectivity index (χ1v) is 9.26. The molecule has 7 heteroatoms. The summed E-state index contributed by atoms with van der Waals surface area (Å²) in [7, 11) is 0. The Labute approximate surface area is 162 Å². The Bertz CT molecular complexity index is 938. The third-order valence-electron chi connectivity index (χ3n) is 5.40. The maximum atomic E-state index is 12.7. The summed E-state index contributed by atoms with van der Waals surface area (Å²) >= 11 is 0. The molecule has 0 spiro atoms. The maximum Gasteiger partial charge on any atom is 0.323 e. The molecule has 7 nitrogen and oxygen atoms in total. The third-order valence-corrected chi connectivity index (χ3v) is 5.40. The van der Waals surface area contributed by atoms with Crippen LogP contribution in [-0.2, 0) is 22.6 Å². The molecule has 1 fully saturated rings. The van der Waals surface area contributed by atoms with Gasteiger partial charge in [-0.3, -0.25) is 9.59 Å². The Hall–Kier alpha value is -3.35. The standard InChI is InChI=1S/C21H21N3O4/c25-18(21(10-11-21)19(26)27)24-12-9-16-14(13-24)5-4-8-17(16)23-20(28)22-15-6-2-1-3-7-15/h1-8H,9-13H2,(H,26,27)(H2,22,23,28). The van der Waals surface area contributed by atoms with Crippen molar-refractivity contribution in [2.75, 3.05) is 17.2 Å². The van der Waals surface area contributed by atoms with Gasteiger partial charge in [0.2, 0.25) is 5.91 Å². The number of urea groups is 1. The Morgan fingerprint density at radius 1 is 0.964 bits per heavy atom. The van der Waals surface area contributed by atoms with Crippen molar-refractivity contribution in [1.29, 1.82) is 0 Å². The zero-order valence-electron chi connectivity index (χ0n) is 15.3. The molecule has 1 saturated carbocycles. The molecular weight excluding hydrogens is 358 g/mol. The molecular formula is C21H21N3O4. The minimum absolute atomic E-state index is 0.300. The Morgan fingerprint density at radius 3 is 2.39 bits per heavy atom. The molecule has 0 bridgehead atoms. The van der Waals surface area contributed by atoms with E-state index in [1.165, 1.54) is 0 Å². The summed E-state index contributed by atoms with van der Waals surface area (Å²) in [4.78, 5) is 38.0. The van der Waals surface area contributed by atoms with Crippen molar-refractivity contribution >= 4 is 29.3 Å². The number of carbonyl (C=O) groups excluding carboxylic acids is 2. The van der Waals surface area contributed by atoms with E-state index in [2.05, 4.69) is 10.6 Å². The molecule has 1 aliphatic carbocycles. The topological polar surface area (TPSA) is 98.7 Å². The van der Waals surface area contributed by atoms with Crippen molar-refractivity contribution in [1.82, 2.24) is 4.90 Å². The van der Waals surface area contributed by atoms with Crippen LogP contribution < -0.4 is 10.6 Å². The van der Waals surface area contributed by atoms with E-state index in [4.69, 9.17) is 0 Å². The highest BCUT2D eigenvalue weighted by Gasteiger charge is 2.58. The second kappa shape index (κ2) is 6.99. The predicted octanol–water partition coefficient (Wildman–Crippen LogP) is 3.08. The van der Waals surface area contributed by atoms with E-state index in [1.54, 1.807) is 17.0 Å². The van der Waals surface area contributed by atoms with Gasteiger partial charge in [0.15, 0.2) is 0 Å². The number of aliphatic carboxylic acids is 1. The molecule has 0 unspecified atom stereocenters. The van der Waals surface area contributed by atoms with Gasteiger partial charge in [0.05, 0.1) is 0 Å². The van der Waals surface area contributed by atoms with Gasteiger partial charge in [0.25, 0.3) is 0 Å². The van der Waals surface area contributed by atoms with Gasteiger partial charge in [-0.05, 0) is 48.6 Å². The van der Waals surface area contributed by atoms with Crippen LogP contribution in [0.4, 0.5) is 16.2 Å². The monoisotopic (exact) mass is 379 g/mol. The van der Waals surface area contributed by atoms with Crippen molar-refractivity contribution in [2.24, 2.45) is 5.41 Å². The number of amides is 3. The largest absolute Gasteiger partial charge is 0.480 e. The number of fused-ring (bicyclic) bond motifs is 1. The fourth-order valence-corrected chi connectivity index (χ4v) is 3.65. The first kappa shape index (κ1) is 18.0. The number of rotatable bonds is 4. The summed E-state index contributed by atoms with van der Waals surface area (Å²) in [5.41, 5.74) is 2.10. The highest BCUT2D eigenvalue weighted by atomic mass is 16.4. The molecule has 4 rings (SSSR count). The van der Waals surface area contributed by atoms with Gasteiger partial charge in [-0.1, -0.05) is 30.3 Å². The average Bonchev–Trinajstić information content (AvgIpc) is 3.50. The second-order valence-electron chi connectivity index (χ2n) is 7.25. The number of carboxylic acid groups (broad SMARTS) is 1. The van der Waals surface area contributed by atoms with E-state index < -0.39 is 11.4 Å². The summed E-state index contributed by atoms with van der Waals surface area (Å²) in [6.45, 7) is 0.804. The minimum atomic E-state index is -1.22. The number of benzene rings is 2. The van der Waals surface area contributed by atoms with E-state index in [9.17, 15) is 19.5 Å². The van der Waals surface area contributed by atoms with Gasteiger partial charge in [0, 0.05) is 24.5 Å². The molecule has 144 valence electrons. The van der Waals surface area contributed by atoms with Gasteiger partial charge < -0.3 is 20.6 Å². The molecule has 1 heterocycles. The first-order chi connectivity index (χ1) is 13.5. The van der Waals surface area contributed by atoms with Crippen LogP contribution >= 0.6 is 0 Å². The number of carboxylic acids is 1. The fraction of sp³-hybridized carbons (Fsp3) is 0.286. The van der Waals surface area contributed by atoms with Crippen LogP contribution in [0.5, 0.6) is 0 Å². The highest BCUT2D eigenvalue weighted by Crippen LogP contribution is 2.48. The van der Waals surface area contributed by atoms with E-state index in [-0.39, 0.29) is 11.9 Å². The number of anilines is 2. The van der Waals surface area contributed by atoms with Crippen LogP contribution in [0.3, 0.4) is 0 Å². The van der Waals surface area contributed by atoms with Gasteiger partial charge >= 0.3 is 12.0 Å². The lowest BCUT2D eigenvalue weighted by Gasteiger charge is -2.32. The van der Waals surface area contributed by atoms with Gasteiger partial charge in [0.1, 0.15) is 5.41 Å². The zero-order valence-corrected chi connectivity index (χ0v) is 15.3. The molecule has 2 aromatic carbocycles. The predicted molar refractivity (Wildman–Crippen MR) is 104 cm³/mol. The van der Waals surface area contributed by atoms with Gasteiger partial charge in [-0.2, -0.15) is 0 Å². The Balaban J connectivity index is 1.47. The van der Waals surface area contributed by atoms with Crippen LogP contribution in [0, 0.1) is 5.41 Å². The van der Waals surface area contributed by atoms with Crippen molar-refractivity contribution in [3.05, 3.63) is 59.7 Å². The Morgan fingerprint density at radius 2 is 1.71 bits per heavy atom. The van der Waals surface area contributed by atoms with E-state index in [0.717, 1.165) is 11.1 Å². The molecule has 2 aliphatic rings. The second-order valence-corrected chi connectivity index (χ2v) is 7.25. The molecule has 0 radical (unpaired) electrons. The van der Waals surface area contributed by atoms with E-state index in [1.807, 2.05) is 36.4 Å². The number of carbonyl (C=O) groups is 3. The molecule has 2 aromatic rings. The van der Waals surface area contributed by atoms with Crippen LogP contribution in [-0.4, -0.2) is 34.5 Å². The summed E-state index contributed by atoms with van der Waals surface area (Å²) in [5.74, 6) is -1.33. The van der Waals surface area contributed by atoms with Crippen molar-refractivity contribution < 1.29 is 19.5 Å². The van der Waals surface area contributed by atoms with Crippen LogP contribution in [0.15, 0.2) is 48.5 Å². The van der Waals surface area contributed by atoms with E-state index >= 15 is 0 Å². The number of nitrogens with one attached hydrogen (secondary N) is 2. The maximum absolute atomic E-state index is 12.7. The minimum Gasteiger partial charge on any atom is -0.480 e. The molecule has 1 aliphatic heterocycles. The van der Waals surface area contributed by atoms with E-state index in [0.29, 0.717) is 43.7 Å². The molecule has 0 saturated heterocycles. The normalized spacial score (nSPS) is 16.6.